The number of nitrogens with one attached hydrogen (secondary N) is 1. The lowest BCUT2D eigenvalue weighted by Gasteiger charge is -2.17. The quantitative estimate of drug-likeness (QED) is 0.774. The lowest BCUT2D eigenvalue weighted by molar-refractivity contribution is 0.0363. The van der Waals surface area contributed by atoms with Crippen molar-refractivity contribution < 1.29 is 9.47 Å². The van der Waals surface area contributed by atoms with E-state index in [-0.39, 0.29) is 11.6 Å². The first-order valence-electron chi connectivity index (χ1n) is 8.72. The number of hydrogen-bond acceptors (Lipinski definition) is 6. The first-order chi connectivity index (χ1) is 12.6. The van der Waals surface area contributed by atoms with Crippen molar-refractivity contribution >= 4 is 16.6 Å². The summed E-state index contributed by atoms with van der Waals surface area (Å²) in [5, 5.41) is 14.4. The Bertz CT molecular complexity index is 942. The number of fused-ring (bicyclic) bond motifs is 1. The molecular weight excluding hydrogens is 328 g/mol. The van der Waals surface area contributed by atoms with Gasteiger partial charge in [0, 0.05) is 28.7 Å². The van der Waals surface area contributed by atoms with Crippen LogP contribution >= 0.6 is 0 Å². The van der Waals surface area contributed by atoms with Crippen LogP contribution in [0.4, 0.5) is 5.82 Å². The number of pyridine rings is 1. The van der Waals surface area contributed by atoms with Gasteiger partial charge in [0.15, 0.2) is 5.82 Å². The fourth-order valence-corrected chi connectivity index (χ4v) is 3.47. The molecular formula is C20H22N4O2. The zero-order valence-corrected chi connectivity index (χ0v) is 15.2. The molecule has 6 heteroatoms. The number of aromatic nitrogens is 3. The van der Waals surface area contributed by atoms with E-state index in [1.807, 2.05) is 36.5 Å². The molecule has 0 saturated carbocycles. The molecule has 1 aliphatic rings. The summed E-state index contributed by atoms with van der Waals surface area (Å²) >= 11 is 0. The molecule has 4 rings (SSSR count). The summed E-state index contributed by atoms with van der Waals surface area (Å²) in [5.74, 6) is 1.50. The third-order valence-electron chi connectivity index (χ3n) is 4.70. The van der Waals surface area contributed by atoms with E-state index in [9.17, 15) is 0 Å². The van der Waals surface area contributed by atoms with Crippen molar-refractivity contribution in [2.45, 2.75) is 31.9 Å². The van der Waals surface area contributed by atoms with Crippen LogP contribution in [0.5, 0.6) is 5.75 Å². The molecule has 1 unspecified atom stereocenters. The Morgan fingerprint density at radius 1 is 1.15 bits per heavy atom. The predicted molar refractivity (Wildman–Crippen MR) is 101 cm³/mol. The van der Waals surface area contributed by atoms with Gasteiger partial charge in [-0.1, -0.05) is 12.1 Å². The van der Waals surface area contributed by atoms with Crippen LogP contribution in [0, 0.1) is 0 Å². The molecule has 26 heavy (non-hydrogen) atoms. The minimum Gasteiger partial charge on any atom is -0.496 e. The maximum atomic E-state index is 5.82. The van der Waals surface area contributed by atoms with Crippen molar-refractivity contribution in [1.82, 2.24) is 15.2 Å². The average Bonchev–Trinajstić information content (AvgIpc) is 3.00. The van der Waals surface area contributed by atoms with Crippen LogP contribution in [0.3, 0.4) is 0 Å². The van der Waals surface area contributed by atoms with Crippen LogP contribution < -0.4 is 10.1 Å². The molecule has 0 amide bonds. The summed E-state index contributed by atoms with van der Waals surface area (Å²) in [6, 6.07) is 10.00. The minimum absolute atomic E-state index is 0.115. The number of benzene rings is 1. The Morgan fingerprint density at radius 2 is 2.00 bits per heavy atom. The fraction of sp³-hybridized carbons (Fsp3) is 0.350. The first-order valence-corrected chi connectivity index (χ1v) is 8.72. The third-order valence-corrected chi connectivity index (χ3v) is 4.70. The largest absolute Gasteiger partial charge is 0.496 e. The molecule has 1 aromatic carbocycles. The molecule has 6 nitrogen and oxygen atoms in total. The van der Waals surface area contributed by atoms with E-state index >= 15 is 0 Å². The highest BCUT2D eigenvalue weighted by Crippen LogP contribution is 2.35. The maximum Gasteiger partial charge on any atom is 0.158 e. The van der Waals surface area contributed by atoms with Crippen molar-refractivity contribution in [3.63, 3.8) is 0 Å². The molecule has 0 aliphatic carbocycles. The van der Waals surface area contributed by atoms with Crippen molar-refractivity contribution in [3.8, 4) is 17.0 Å². The molecule has 3 aromatic rings. The van der Waals surface area contributed by atoms with Gasteiger partial charge in [0.25, 0.3) is 0 Å². The van der Waals surface area contributed by atoms with Gasteiger partial charge in [0.1, 0.15) is 11.4 Å². The van der Waals surface area contributed by atoms with Crippen molar-refractivity contribution in [1.29, 1.82) is 0 Å². The summed E-state index contributed by atoms with van der Waals surface area (Å²) in [6.07, 6.45) is 4.52. The molecule has 1 atom stereocenters. The number of anilines is 1. The van der Waals surface area contributed by atoms with Gasteiger partial charge < -0.3 is 14.8 Å². The molecule has 1 saturated heterocycles. The summed E-state index contributed by atoms with van der Waals surface area (Å²) < 4.78 is 11.3. The van der Waals surface area contributed by atoms with E-state index in [1.165, 1.54) is 0 Å². The molecule has 0 spiro atoms. The molecule has 3 heterocycles. The van der Waals surface area contributed by atoms with Gasteiger partial charge in [-0.3, -0.25) is 4.98 Å². The van der Waals surface area contributed by atoms with E-state index < -0.39 is 0 Å². The number of nitrogens with zero attached hydrogens (tertiary/aromatic N) is 3. The van der Waals surface area contributed by atoms with Crippen molar-refractivity contribution in [2.24, 2.45) is 0 Å². The van der Waals surface area contributed by atoms with E-state index in [0.717, 1.165) is 40.0 Å². The van der Waals surface area contributed by atoms with E-state index in [1.54, 1.807) is 13.3 Å². The third kappa shape index (κ3) is 3.08. The molecule has 2 aromatic heterocycles. The zero-order valence-electron chi connectivity index (χ0n) is 15.2. The van der Waals surface area contributed by atoms with Gasteiger partial charge in [-0.2, -0.15) is 0 Å². The van der Waals surface area contributed by atoms with Crippen molar-refractivity contribution in [2.75, 3.05) is 19.0 Å². The SMILES string of the molecule is COc1ccccc1-c1nnc(NC2COC(C)(C)C2)c2cnccc12. The second-order valence-corrected chi connectivity index (χ2v) is 7.13. The highest BCUT2D eigenvalue weighted by molar-refractivity contribution is 6.00. The van der Waals surface area contributed by atoms with Gasteiger partial charge in [0.05, 0.1) is 25.4 Å². The lowest BCUT2D eigenvalue weighted by Crippen LogP contribution is -2.23. The molecule has 1 N–H and O–H groups in total. The van der Waals surface area contributed by atoms with Crippen molar-refractivity contribution in [3.05, 3.63) is 42.7 Å². The monoisotopic (exact) mass is 350 g/mol. The Morgan fingerprint density at radius 3 is 2.77 bits per heavy atom. The summed E-state index contributed by atoms with van der Waals surface area (Å²) in [7, 11) is 1.66. The van der Waals surface area contributed by atoms with Crippen LogP contribution in [-0.4, -0.2) is 40.5 Å². The Labute approximate surface area is 152 Å². The van der Waals surface area contributed by atoms with Gasteiger partial charge >= 0.3 is 0 Å². The van der Waals surface area contributed by atoms with E-state index in [4.69, 9.17) is 9.47 Å². The average molecular weight is 350 g/mol. The predicted octanol–water partition coefficient (Wildman–Crippen LogP) is 3.68. The standard InChI is InChI=1S/C20H22N4O2/c1-20(2)10-13(12-26-20)22-19-16-11-21-9-8-14(16)18(23-24-19)15-6-4-5-7-17(15)25-3/h4-9,11,13H,10,12H2,1-3H3,(H,22,24). The smallest absolute Gasteiger partial charge is 0.158 e. The second-order valence-electron chi connectivity index (χ2n) is 7.13. The van der Waals surface area contributed by atoms with Gasteiger partial charge in [-0.15, -0.1) is 10.2 Å². The van der Waals surface area contributed by atoms with Crippen LogP contribution in [-0.2, 0) is 4.74 Å². The number of rotatable bonds is 4. The highest BCUT2D eigenvalue weighted by atomic mass is 16.5. The van der Waals surface area contributed by atoms with Gasteiger partial charge in [0.2, 0.25) is 0 Å². The van der Waals surface area contributed by atoms with Gasteiger partial charge in [-0.05, 0) is 38.5 Å². The topological polar surface area (TPSA) is 69.2 Å². The highest BCUT2D eigenvalue weighted by Gasteiger charge is 2.32. The molecule has 0 radical (unpaired) electrons. The Kier molecular flexibility index (Phi) is 4.20. The molecule has 1 fully saturated rings. The lowest BCUT2D eigenvalue weighted by atomic mass is 10.0. The van der Waals surface area contributed by atoms with Gasteiger partial charge in [-0.25, -0.2) is 0 Å². The number of para-hydroxylation sites is 1. The number of ether oxygens (including phenoxy) is 2. The Balaban J connectivity index is 1.77. The van der Waals surface area contributed by atoms with E-state index in [2.05, 4.69) is 34.3 Å². The summed E-state index contributed by atoms with van der Waals surface area (Å²) in [6.45, 7) is 4.86. The van der Waals surface area contributed by atoms with Crippen LogP contribution in [0.25, 0.3) is 22.0 Å². The number of methoxy groups -OCH3 is 1. The summed E-state index contributed by atoms with van der Waals surface area (Å²) in [5.41, 5.74) is 1.58. The first kappa shape index (κ1) is 16.7. The van der Waals surface area contributed by atoms with E-state index in [0.29, 0.717) is 6.61 Å². The van der Waals surface area contributed by atoms with Crippen LogP contribution in [0.15, 0.2) is 42.7 Å². The maximum absolute atomic E-state index is 5.82. The summed E-state index contributed by atoms with van der Waals surface area (Å²) in [4.78, 5) is 4.28. The minimum atomic E-state index is -0.115. The normalized spacial score (nSPS) is 18.8. The molecule has 0 bridgehead atoms. The van der Waals surface area contributed by atoms with Crippen LogP contribution in [0.2, 0.25) is 0 Å². The molecule has 1 aliphatic heterocycles. The fourth-order valence-electron chi connectivity index (χ4n) is 3.47. The molecule has 134 valence electrons. The van der Waals surface area contributed by atoms with Crippen LogP contribution in [0.1, 0.15) is 20.3 Å². The number of hydrogen-bond donors (Lipinski definition) is 1. The second kappa shape index (κ2) is 6.53. The zero-order chi connectivity index (χ0) is 18.1. The Hall–Kier alpha value is -2.73.